The summed E-state index contributed by atoms with van der Waals surface area (Å²) >= 11 is 0. The second-order valence-corrected chi connectivity index (χ2v) is 21.9. The summed E-state index contributed by atoms with van der Waals surface area (Å²) in [6.45, 7) is 6.65. The maximum Gasteiger partial charge on any atom is 0.408 e. The lowest BCUT2D eigenvalue weighted by atomic mass is 9.85. The smallest absolute Gasteiger partial charge is 0.408 e. The number of carbonyl (C=O) groups is 4. The Balaban J connectivity index is 1.10. The minimum Gasteiger partial charge on any atom is -0.497 e. The van der Waals surface area contributed by atoms with Crippen LogP contribution in [-0.4, -0.2) is 102 Å². The number of sulfonamides is 1. The summed E-state index contributed by atoms with van der Waals surface area (Å²) < 4.78 is 74.2. The van der Waals surface area contributed by atoms with Crippen LogP contribution in [0.4, 0.5) is 13.6 Å². The first-order valence-corrected chi connectivity index (χ1v) is 22.7. The molecule has 0 radical (unpaired) electrons. The van der Waals surface area contributed by atoms with Crippen molar-refractivity contribution in [1.82, 2.24) is 30.2 Å². The lowest BCUT2D eigenvalue weighted by molar-refractivity contribution is -0.144. The van der Waals surface area contributed by atoms with E-state index in [1.54, 1.807) is 40.0 Å². The standard InChI is InChI=1S/C42H54F2N6O9S/c1-39(2,3)32-36(52)50-20-28(30(21-10-11-21)31(50)34(51)48-42(18-24(42)33(43)44)37(53)49-60(55,56)40(4)14-15-40)58-35-26(45-25-13-12-23(57-5)16-27(25)46-35)9-7-6-8-22-17-41(22)19-29(41)59-38(54)47-32/h12-13,16,21-22,24,28-33H,6-11,14-15,17-20H2,1-5H3,(H,47,54)(H,48,51)(H,49,53)/t22?,24-,28-,29+,30+,31-,32+,41?,42+/m0/s1. The highest BCUT2D eigenvalue weighted by atomic mass is 32.2. The van der Waals surface area contributed by atoms with Crippen molar-refractivity contribution in [3.8, 4) is 11.6 Å². The summed E-state index contributed by atoms with van der Waals surface area (Å²) in [5.41, 5.74) is -1.40. The number of fused-ring (bicyclic) bond motifs is 4. The number of hydrogen-bond acceptors (Lipinski definition) is 11. The molecule has 2 aliphatic heterocycles. The lowest BCUT2D eigenvalue weighted by Crippen LogP contribution is -2.61. The van der Waals surface area contributed by atoms with Crippen molar-refractivity contribution in [2.45, 2.75) is 139 Å². The normalized spacial score (nSPS) is 34.7. The van der Waals surface area contributed by atoms with Crippen molar-refractivity contribution in [2.75, 3.05) is 13.7 Å². The van der Waals surface area contributed by atoms with Crippen LogP contribution in [0.5, 0.6) is 11.6 Å². The molecule has 1 aromatic heterocycles. The molecule has 3 heterocycles. The van der Waals surface area contributed by atoms with Gasteiger partial charge < -0.3 is 29.7 Å². The number of benzene rings is 1. The molecule has 9 atom stereocenters. The zero-order chi connectivity index (χ0) is 42.7. The van der Waals surface area contributed by atoms with Gasteiger partial charge in [-0.15, -0.1) is 0 Å². The number of halogens is 2. The van der Waals surface area contributed by atoms with Gasteiger partial charge in [-0.05, 0) is 101 Å². The zero-order valence-electron chi connectivity index (χ0n) is 34.6. The molecule has 2 unspecified atom stereocenters. The van der Waals surface area contributed by atoms with Gasteiger partial charge in [0.15, 0.2) is 0 Å². The van der Waals surface area contributed by atoms with Crippen molar-refractivity contribution < 1.29 is 50.6 Å². The highest BCUT2D eigenvalue weighted by Crippen LogP contribution is 2.73. The molecule has 15 nitrogen and oxygen atoms in total. The van der Waals surface area contributed by atoms with E-state index in [0.717, 1.165) is 32.1 Å². The number of aromatic nitrogens is 2. The third-order valence-corrected chi connectivity index (χ3v) is 16.6. The van der Waals surface area contributed by atoms with Crippen LogP contribution in [0.2, 0.25) is 0 Å². The summed E-state index contributed by atoms with van der Waals surface area (Å²) in [6, 6.07) is 2.83. The Kier molecular flexibility index (Phi) is 9.64. The van der Waals surface area contributed by atoms with Gasteiger partial charge in [0.05, 0.1) is 35.4 Å². The second-order valence-electron chi connectivity index (χ2n) is 19.7. The molecule has 3 N–H and O–H groups in total. The molecule has 2 aromatic rings. The Morgan fingerprint density at radius 3 is 2.43 bits per heavy atom. The second kappa shape index (κ2) is 14.1. The average molecular weight is 857 g/mol. The maximum atomic E-state index is 15.0. The third-order valence-electron chi connectivity index (χ3n) is 14.5. The molecule has 5 aliphatic carbocycles. The molecule has 7 aliphatic rings. The van der Waals surface area contributed by atoms with Crippen LogP contribution >= 0.6 is 0 Å². The molecule has 2 bridgehead atoms. The van der Waals surface area contributed by atoms with Gasteiger partial charge in [-0.1, -0.05) is 27.2 Å². The topological polar surface area (TPSA) is 195 Å². The molecule has 6 fully saturated rings. The molecule has 1 aromatic carbocycles. The van der Waals surface area contributed by atoms with Crippen molar-refractivity contribution >= 4 is 44.9 Å². The Labute approximate surface area is 347 Å². The monoisotopic (exact) mass is 856 g/mol. The molecule has 9 rings (SSSR count). The minimum atomic E-state index is -4.24. The van der Waals surface area contributed by atoms with Crippen LogP contribution in [-0.2, 0) is 35.6 Å². The fourth-order valence-electron chi connectivity index (χ4n) is 9.91. The summed E-state index contributed by atoms with van der Waals surface area (Å²) in [4.78, 5) is 68.5. The molecule has 4 amide bonds. The van der Waals surface area contributed by atoms with Crippen molar-refractivity contribution in [3.63, 3.8) is 0 Å². The quantitative estimate of drug-likeness (QED) is 0.341. The van der Waals surface area contributed by atoms with E-state index in [0.29, 0.717) is 60.5 Å². The Bertz CT molecular complexity index is 2250. The first-order chi connectivity index (χ1) is 28.3. The van der Waals surface area contributed by atoms with Crippen LogP contribution in [0.15, 0.2) is 18.2 Å². The molecular weight excluding hydrogens is 803 g/mol. The number of carbonyl (C=O) groups excluding carboxylic acids is 4. The summed E-state index contributed by atoms with van der Waals surface area (Å²) in [7, 11) is -2.69. The number of aryl methyl sites for hydroxylation is 1. The number of amides is 4. The van der Waals surface area contributed by atoms with Crippen molar-refractivity contribution in [2.24, 2.45) is 34.5 Å². The van der Waals surface area contributed by atoms with E-state index < -0.39 is 92.4 Å². The Morgan fingerprint density at radius 2 is 1.78 bits per heavy atom. The summed E-state index contributed by atoms with van der Waals surface area (Å²) in [5, 5.41) is 5.38. The van der Waals surface area contributed by atoms with Crippen LogP contribution in [0.1, 0.15) is 97.6 Å². The van der Waals surface area contributed by atoms with Gasteiger partial charge in [-0.2, -0.15) is 0 Å². The van der Waals surface area contributed by atoms with Crippen LogP contribution in [0, 0.1) is 34.5 Å². The molecule has 1 spiro atoms. The van der Waals surface area contributed by atoms with E-state index in [4.69, 9.17) is 24.2 Å². The highest BCUT2D eigenvalue weighted by molar-refractivity contribution is 7.91. The molecular formula is C42H54F2N6O9S. The van der Waals surface area contributed by atoms with E-state index in [2.05, 4.69) is 10.6 Å². The zero-order valence-corrected chi connectivity index (χ0v) is 35.4. The van der Waals surface area contributed by atoms with Crippen molar-refractivity contribution in [3.05, 3.63) is 23.9 Å². The van der Waals surface area contributed by atoms with E-state index in [1.807, 2.05) is 10.8 Å². The van der Waals surface area contributed by atoms with Gasteiger partial charge in [0.25, 0.3) is 5.91 Å². The number of rotatable bonds is 8. The van der Waals surface area contributed by atoms with Gasteiger partial charge in [0.2, 0.25) is 34.1 Å². The number of alkyl carbamates (subject to hydrolysis) is 1. The molecule has 18 heteroatoms. The molecule has 1 saturated heterocycles. The van der Waals surface area contributed by atoms with Gasteiger partial charge in [0, 0.05) is 17.4 Å². The number of alkyl halides is 2. The van der Waals surface area contributed by atoms with Crippen LogP contribution < -0.4 is 24.8 Å². The SMILES string of the molecule is COc1ccc2nc3c(nc2c1)O[C@H]1CN(C(=O)[C@H](C(C)(C)C)NC(=O)O[C@@H]2CC24CC4CCCC3)[C@H](C(=O)N[C@]2(C(=O)NS(=O)(=O)C3(C)CC3)C[C@H]2C(F)F)[C@@H]1C1CC1. The summed E-state index contributed by atoms with van der Waals surface area (Å²) in [5.74, 6) is -4.00. The van der Waals surface area contributed by atoms with Crippen LogP contribution in [0.25, 0.3) is 11.0 Å². The lowest BCUT2D eigenvalue weighted by Gasteiger charge is -2.36. The maximum absolute atomic E-state index is 15.0. The third kappa shape index (κ3) is 7.21. The van der Waals surface area contributed by atoms with Gasteiger partial charge in [-0.25, -0.2) is 32.0 Å². The fraction of sp³-hybridized carbons (Fsp3) is 0.714. The largest absolute Gasteiger partial charge is 0.497 e. The predicted molar refractivity (Wildman–Crippen MR) is 211 cm³/mol. The first kappa shape index (κ1) is 41.0. The first-order valence-electron chi connectivity index (χ1n) is 21.3. The van der Waals surface area contributed by atoms with E-state index >= 15 is 4.79 Å². The molecule has 5 saturated carbocycles. The van der Waals surface area contributed by atoms with Crippen LogP contribution in [0.3, 0.4) is 0 Å². The minimum absolute atomic E-state index is 0.0419. The number of hydrogen-bond donors (Lipinski definition) is 3. The predicted octanol–water partition coefficient (Wildman–Crippen LogP) is 4.41. The van der Waals surface area contributed by atoms with Gasteiger partial charge in [0.1, 0.15) is 41.3 Å². The Hall–Kier alpha value is -4.35. The number of methoxy groups -OCH3 is 1. The van der Waals surface area contributed by atoms with Gasteiger partial charge in [-0.3, -0.25) is 19.1 Å². The van der Waals surface area contributed by atoms with E-state index in [-0.39, 0.29) is 29.9 Å². The summed E-state index contributed by atoms with van der Waals surface area (Å²) in [6.07, 6.45) is 1.49. The van der Waals surface area contributed by atoms with E-state index in [9.17, 15) is 31.6 Å². The van der Waals surface area contributed by atoms with Gasteiger partial charge >= 0.3 is 6.09 Å². The highest BCUT2D eigenvalue weighted by Gasteiger charge is 2.72. The van der Waals surface area contributed by atoms with Crippen molar-refractivity contribution in [1.29, 1.82) is 0 Å². The number of nitrogens with one attached hydrogen (secondary N) is 3. The number of nitrogens with zero attached hydrogens (tertiary/aromatic N) is 3. The van der Waals surface area contributed by atoms with E-state index in [1.165, 1.54) is 11.8 Å². The molecule has 326 valence electrons. The average Bonchev–Trinajstić information content (AvgIpc) is 3.94. The Morgan fingerprint density at radius 1 is 1.03 bits per heavy atom. The fourth-order valence-corrected chi connectivity index (χ4v) is 11.2. The number of ether oxygens (including phenoxy) is 3. The molecule has 60 heavy (non-hydrogen) atoms.